The summed E-state index contributed by atoms with van der Waals surface area (Å²) >= 11 is 6.03. The SMILES string of the molecule is Cc1ccc(-n2c(C)cc(/C=N/NC(=O)c3ccccc3Cl)c2C)cc1. The van der Waals surface area contributed by atoms with Crippen molar-refractivity contribution in [2.45, 2.75) is 20.8 Å². The fourth-order valence-corrected chi connectivity index (χ4v) is 3.10. The molecule has 26 heavy (non-hydrogen) atoms. The Morgan fingerprint density at radius 2 is 1.77 bits per heavy atom. The minimum absolute atomic E-state index is 0.334. The predicted octanol–water partition coefficient (Wildman–Crippen LogP) is 4.82. The number of halogens is 1. The quantitative estimate of drug-likeness (QED) is 0.523. The van der Waals surface area contributed by atoms with Crippen molar-refractivity contribution in [1.29, 1.82) is 0 Å². The van der Waals surface area contributed by atoms with Gasteiger partial charge in [0.2, 0.25) is 0 Å². The third-order valence-corrected chi connectivity index (χ3v) is 4.58. The molecule has 1 N–H and O–H groups in total. The number of benzene rings is 2. The van der Waals surface area contributed by atoms with Crippen LogP contribution in [0.5, 0.6) is 0 Å². The first-order chi connectivity index (χ1) is 12.5. The van der Waals surface area contributed by atoms with Gasteiger partial charge < -0.3 is 4.57 Å². The molecule has 1 aromatic heterocycles. The van der Waals surface area contributed by atoms with Gasteiger partial charge in [0.15, 0.2) is 0 Å². The Kier molecular flexibility index (Phi) is 5.24. The molecular formula is C21H20ClN3O. The van der Waals surface area contributed by atoms with Gasteiger partial charge in [-0.15, -0.1) is 0 Å². The van der Waals surface area contributed by atoms with Crippen molar-refractivity contribution in [3.63, 3.8) is 0 Å². The molecule has 2 aromatic carbocycles. The molecule has 5 heteroatoms. The van der Waals surface area contributed by atoms with Gasteiger partial charge in [-0.05, 0) is 51.1 Å². The average Bonchev–Trinajstić information content (AvgIpc) is 2.90. The molecule has 3 aromatic rings. The van der Waals surface area contributed by atoms with Gasteiger partial charge in [-0.1, -0.05) is 41.4 Å². The zero-order valence-electron chi connectivity index (χ0n) is 15.0. The monoisotopic (exact) mass is 365 g/mol. The van der Waals surface area contributed by atoms with Crippen LogP contribution in [-0.4, -0.2) is 16.7 Å². The number of amides is 1. The van der Waals surface area contributed by atoms with E-state index in [-0.39, 0.29) is 5.91 Å². The van der Waals surface area contributed by atoms with E-state index in [4.69, 9.17) is 11.6 Å². The molecule has 0 radical (unpaired) electrons. The van der Waals surface area contributed by atoms with Crippen LogP contribution in [-0.2, 0) is 0 Å². The number of hydrogen-bond donors (Lipinski definition) is 1. The first kappa shape index (κ1) is 18.0. The minimum Gasteiger partial charge on any atom is -0.318 e. The van der Waals surface area contributed by atoms with E-state index in [1.54, 1.807) is 30.5 Å². The number of nitrogens with one attached hydrogen (secondary N) is 1. The van der Waals surface area contributed by atoms with Crippen LogP contribution in [0.3, 0.4) is 0 Å². The van der Waals surface area contributed by atoms with Crippen molar-refractivity contribution >= 4 is 23.7 Å². The van der Waals surface area contributed by atoms with Crippen molar-refractivity contribution in [2.24, 2.45) is 5.10 Å². The number of hydrazone groups is 1. The Hall–Kier alpha value is -2.85. The average molecular weight is 366 g/mol. The van der Waals surface area contributed by atoms with Crippen LogP contribution in [0, 0.1) is 20.8 Å². The maximum Gasteiger partial charge on any atom is 0.272 e. The molecule has 3 rings (SSSR count). The highest BCUT2D eigenvalue weighted by molar-refractivity contribution is 6.33. The van der Waals surface area contributed by atoms with E-state index in [1.807, 2.05) is 19.9 Å². The van der Waals surface area contributed by atoms with Gasteiger partial charge in [0.25, 0.3) is 5.91 Å². The van der Waals surface area contributed by atoms with Crippen LogP contribution in [0.4, 0.5) is 0 Å². The lowest BCUT2D eigenvalue weighted by atomic mass is 10.2. The molecule has 0 aliphatic rings. The van der Waals surface area contributed by atoms with Crippen LogP contribution < -0.4 is 5.43 Å². The Labute approximate surface area is 158 Å². The molecule has 0 aliphatic heterocycles. The molecule has 0 aliphatic carbocycles. The summed E-state index contributed by atoms with van der Waals surface area (Å²) in [6.45, 7) is 6.15. The fourth-order valence-electron chi connectivity index (χ4n) is 2.88. The van der Waals surface area contributed by atoms with Crippen LogP contribution in [0.1, 0.15) is 32.9 Å². The van der Waals surface area contributed by atoms with E-state index >= 15 is 0 Å². The molecule has 0 spiro atoms. The lowest BCUT2D eigenvalue weighted by molar-refractivity contribution is 0.0955. The number of aromatic nitrogens is 1. The third kappa shape index (κ3) is 3.70. The number of rotatable bonds is 4. The van der Waals surface area contributed by atoms with Crippen molar-refractivity contribution in [1.82, 2.24) is 9.99 Å². The van der Waals surface area contributed by atoms with Gasteiger partial charge in [0.05, 0.1) is 16.8 Å². The summed E-state index contributed by atoms with van der Waals surface area (Å²) < 4.78 is 2.16. The zero-order valence-corrected chi connectivity index (χ0v) is 15.7. The van der Waals surface area contributed by atoms with Crippen LogP contribution in [0.25, 0.3) is 5.69 Å². The third-order valence-electron chi connectivity index (χ3n) is 4.25. The molecule has 1 heterocycles. The predicted molar refractivity (Wildman–Crippen MR) is 106 cm³/mol. The van der Waals surface area contributed by atoms with E-state index in [0.29, 0.717) is 10.6 Å². The maximum absolute atomic E-state index is 12.2. The maximum atomic E-state index is 12.2. The molecule has 0 saturated heterocycles. The van der Waals surface area contributed by atoms with Crippen molar-refractivity contribution in [3.8, 4) is 5.69 Å². The van der Waals surface area contributed by atoms with E-state index < -0.39 is 0 Å². The zero-order chi connectivity index (χ0) is 18.7. The second-order valence-electron chi connectivity index (χ2n) is 6.18. The second-order valence-corrected chi connectivity index (χ2v) is 6.58. The number of nitrogens with zero attached hydrogens (tertiary/aromatic N) is 2. The molecule has 0 atom stereocenters. The molecular weight excluding hydrogens is 346 g/mol. The van der Waals surface area contributed by atoms with E-state index in [1.165, 1.54) is 5.56 Å². The Morgan fingerprint density at radius 3 is 2.46 bits per heavy atom. The van der Waals surface area contributed by atoms with Crippen molar-refractivity contribution < 1.29 is 4.79 Å². The van der Waals surface area contributed by atoms with E-state index in [9.17, 15) is 4.79 Å². The Morgan fingerprint density at radius 1 is 1.08 bits per heavy atom. The Balaban J connectivity index is 1.79. The number of carbonyl (C=O) groups excluding carboxylic acids is 1. The van der Waals surface area contributed by atoms with Crippen LogP contribution in [0.15, 0.2) is 59.7 Å². The number of carbonyl (C=O) groups is 1. The largest absolute Gasteiger partial charge is 0.318 e. The summed E-state index contributed by atoms with van der Waals surface area (Å²) in [5.41, 5.74) is 8.36. The molecule has 1 amide bonds. The summed E-state index contributed by atoms with van der Waals surface area (Å²) in [5, 5.41) is 4.49. The highest BCUT2D eigenvalue weighted by Crippen LogP contribution is 2.20. The smallest absolute Gasteiger partial charge is 0.272 e. The van der Waals surface area contributed by atoms with Crippen LogP contribution in [0.2, 0.25) is 5.02 Å². The van der Waals surface area contributed by atoms with Gasteiger partial charge in [-0.2, -0.15) is 5.10 Å². The standard InChI is InChI=1S/C21H20ClN3O/c1-14-8-10-18(11-9-14)25-15(2)12-17(16(25)3)13-23-24-21(26)19-6-4-5-7-20(19)22/h4-13H,1-3H3,(H,24,26)/b23-13+. The normalized spacial score (nSPS) is 11.1. The topological polar surface area (TPSA) is 46.4 Å². The summed E-state index contributed by atoms with van der Waals surface area (Å²) in [7, 11) is 0. The van der Waals surface area contributed by atoms with Gasteiger partial charge in [-0.3, -0.25) is 4.79 Å². The molecule has 0 fully saturated rings. The number of aryl methyl sites for hydroxylation is 2. The molecule has 4 nitrogen and oxygen atoms in total. The lowest BCUT2D eigenvalue weighted by Crippen LogP contribution is -2.18. The van der Waals surface area contributed by atoms with Crippen molar-refractivity contribution in [2.75, 3.05) is 0 Å². The summed E-state index contributed by atoms with van der Waals surface area (Å²) in [5.74, 6) is -0.334. The highest BCUT2D eigenvalue weighted by Gasteiger charge is 2.10. The highest BCUT2D eigenvalue weighted by atomic mass is 35.5. The molecule has 132 valence electrons. The lowest BCUT2D eigenvalue weighted by Gasteiger charge is -2.09. The van der Waals surface area contributed by atoms with Crippen LogP contribution >= 0.6 is 11.6 Å². The van der Waals surface area contributed by atoms with Gasteiger partial charge in [0.1, 0.15) is 0 Å². The Bertz CT molecular complexity index is 971. The second kappa shape index (κ2) is 7.58. The molecule has 0 unspecified atom stereocenters. The van der Waals surface area contributed by atoms with Crippen molar-refractivity contribution in [3.05, 3.63) is 87.7 Å². The summed E-state index contributed by atoms with van der Waals surface area (Å²) in [6.07, 6.45) is 1.65. The fraction of sp³-hybridized carbons (Fsp3) is 0.143. The van der Waals surface area contributed by atoms with E-state index in [2.05, 4.69) is 46.3 Å². The van der Waals surface area contributed by atoms with E-state index in [0.717, 1.165) is 22.6 Å². The van der Waals surface area contributed by atoms with Gasteiger partial charge in [0, 0.05) is 22.6 Å². The first-order valence-corrected chi connectivity index (χ1v) is 8.69. The number of hydrogen-bond acceptors (Lipinski definition) is 2. The minimum atomic E-state index is -0.334. The van der Waals surface area contributed by atoms with Gasteiger partial charge >= 0.3 is 0 Å². The molecule has 0 saturated carbocycles. The summed E-state index contributed by atoms with van der Waals surface area (Å²) in [6, 6.07) is 17.3. The molecule has 0 bridgehead atoms. The van der Waals surface area contributed by atoms with Gasteiger partial charge in [-0.25, -0.2) is 5.43 Å². The first-order valence-electron chi connectivity index (χ1n) is 8.31. The summed E-state index contributed by atoms with van der Waals surface area (Å²) in [4.78, 5) is 12.2.